The van der Waals surface area contributed by atoms with Gasteiger partial charge in [-0.1, -0.05) is 0 Å². The molecular formula is H5BBaCl3LaO3. The van der Waals surface area contributed by atoms with Crippen molar-refractivity contribution in [3.8, 4) is 0 Å². The molecule has 0 aromatic rings. The first-order valence-corrected chi connectivity index (χ1v) is 15.1. The number of hydrogen-bond donors (Lipinski definition) is 3. The fourth-order valence-electron chi connectivity index (χ4n) is 0. The van der Waals surface area contributed by atoms with E-state index in [1.807, 2.05) is 0 Å². The standard InChI is InChI=1S/BH3O3.Ba.3ClH.La.2H/c2-1(3)4;;;;;;;/h2-4H;;3*1H;;;/q;;;;;+3;;/p-3. The van der Waals surface area contributed by atoms with Gasteiger partial charge >= 0.3 is 102 Å². The molecule has 0 spiro atoms. The molecule has 0 rings (SSSR count). The Morgan fingerprint density at radius 1 is 1.00 bits per heavy atom. The molecule has 0 unspecified atom stereocenters. The quantitative estimate of drug-likeness (QED) is 0.423. The van der Waals surface area contributed by atoms with Crippen molar-refractivity contribution in [2.24, 2.45) is 0 Å². The molecule has 0 amide bonds. The minimum atomic E-state index is -2.31. The zero-order chi connectivity index (χ0) is 7.15. The van der Waals surface area contributed by atoms with Crippen LogP contribution in [0.2, 0.25) is 0 Å². The predicted molar refractivity (Wildman–Crippen MR) is 38.5 cm³/mol. The molecule has 0 radical (unpaired) electrons. The Morgan fingerprint density at radius 3 is 1.00 bits per heavy atom. The Hall–Kier alpha value is 3.58. The van der Waals surface area contributed by atoms with Crippen LogP contribution in [0.4, 0.5) is 0 Å². The molecule has 0 saturated heterocycles. The van der Waals surface area contributed by atoms with E-state index in [0.29, 0.717) is 0 Å². The maximum atomic E-state index is 7.17. The Bertz CT molecular complexity index is 34.5. The van der Waals surface area contributed by atoms with E-state index < -0.39 is 33.0 Å². The van der Waals surface area contributed by atoms with Gasteiger partial charge in [-0.15, -0.1) is 0 Å². The van der Waals surface area contributed by atoms with Gasteiger partial charge in [0, 0.05) is 0 Å². The number of hydrogen-bond acceptors (Lipinski definition) is 3. The van der Waals surface area contributed by atoms with Crippen molar-refractivity contribution in [3.63, 3.8) is 0 Å². The van der Waals surface area contributed by atoms with Crippen molar-refractivity contribution in [3.05, 3.63) is 0 Å². The average molecular weight is 446 g/mol. The van der Waals surface area contributed by atoms with Gasteiger partial charge in [-0.2, -0.15) is 0 Å². The number of halogens is 3. The summed E-state index contributed by atoms with van der Waals surface area (Å²) < 4.78 is 0. The third kappa shape index (κ3) is 82.9. The number of rotatable bonds is 0. The van der Waals surface area contributed by atoms with Gasteiger partial charge in [0.05, 0.1) is 0 Å². The van der Waals surface area contributed by atoms with Gasteiger partial charge in [0.25, 0.3) is 0 Å². The molecule has 0 aromatic carbocycles. The zero-order valence-corrected chi connectivity index (χ0v) is 9.52. The Balaban J connectivity index is -0.0000000720. The van der Waals surface area contributed by atoms with Crippen LogP contribution in [0.3, 0.4) is 0 Å². The molecular weight excluding hydrogens is 441 g/mol. The Labute approximate surface area is 114 Å². The molecule has 0 fully saturated rings. The van der Waals surface area contributed by atoms with Crippen molar-refractivity contribution in [1.29, 1.82) is 0 Å². The second kappa shape index (κ2) is 14.1. The van der Waals surface area contributed by atoms with E-state index in [9.17, 15) is 0 Å². The fourth-order valence-corrected chi connectivity index (χ4v) is 0. The molecule has 0 heterocycles. The van der Waals surface area contributed by atoms with Crippen LogP contribution in [0, 0.1) is 25.7 Å². The van der Waals surface area contributed by atoms with Gasteiger partial charge in [0.1, 0.15) is 0 Å². The van der Waals surface area contributed by atoms with Crippen molar-refractivity contribution >= 4 is 76.6 Å². The summed E-state index contributed by atoms with van der Waals surface area (Å²) in [5.41, 5.74) is 0. The summed E-state index contributed by atoms with van der Waals surface area (Å²) in [6.07, 6.45) is 0. The molecule has 0 bridgehead atoms. The Morgan fingerprint density at radius 2 is 1.00 bits per heavy atom. The molecule has 0 aliphatic heterocycles. The van der Waals surface area contributed by atoms with E-state index >= 15 is 0 Å². The molecule has 0 saturated carbocycles. The topological polar surface area (TPSA) is 60.7 Å². The monoisotopic (exact) mass is 446 g/mol. The van der Waals surface area contributed by atoms with Crippen LogP contribution in [0.5, 0.6) is 0 Å². The predicted octanol–water partition coefficient (Wildman–Crippen LogP) is -0.899. The maximum absolute atomic E-state index is 7.17. The van der Waals surface area contributed by atoms with Gasteiger partial charge in [-0.25, -0.2) is 0 Å². The molecule has 0 aromatic heterocycles. The molecule has 0 atom stereocenters. The van der Waals surface area contributed by atoms with Gasteiger partial charge in [-0.3, -0.25) is 0 Å². The molecule has 52 valence electrons. The fraction of sp³-hybridized carbons (Fsp3) is 0. The summed E-state index contributed by atoms with van der Waals surface area (Å²) in [5, 5.41) is 21.5. The van der Waals surface area contributed by atoms with Crippen LogP contribution in [0.15, 0.2) is 0 Å². The molecule has 3 N–H and O–H groups in total. The SMILES string of the molecule is OB(O)O.[BaH2].[Cl][La]([Cl])[Cl]. The zero-order valence-electron chi connectivity index (χ0n) is 3.63. The van der Waals surface area contributed by atoms with E-state index in [-0.39, 0.29) is 48.9 Å². The molecule has 9 heavy (non-hydrogen) atoms. The Kier molecular flexibility index (Phi) is 28.8. The molecule has 0 aliphatic rings. The third-order valence-corrected chi connectivity index (χ3v) is 0. The second-order valence-corrected chi connectivity index (χ2v) is 16.6. The molecule has 0 aliphatic carbocycles. The van der Waals surface area contributed by atoms with Crippen molar-refractivity contribution < 1.29 is 40.7 Å². The van der Waals surface area contributed by atoms with Gasteiger partial charge in [0.15, 0.2) is 0 Å². The van der Waals surface area contributed by atoms with Crippen molar-refractivity contribution in [2.75, 3.05) is 0 Å². The third-order valence-electron chi connectivity index (χ3n) is 0. The van der Waals surface area contributed by atoms with Crippen LogP contribution in [0.25, 0.3) is 0 Å². The normalized spacial score (nSPS) is 6.00. The van der Waals surface area contributed by atoms with Crippen LogP contribution < -0.4 is 0 Å². The van der Waals surface area contributed by atoms with Crippen LogP contribution in [-0.2, 0) is 0 Å². The minimum absolute atomic E-state index is 0. The first kappa shape index (κ1) is 18.4. The summed E-state index contributed by atoms with van der Waals surface area (Å²) in [7, 11) is -2.17. The summed E-state index contributed by atoms with van der Waals surface area (Å²) in [6.45, 7) is 15.1. The van der Waals surface area contributed by atoms with E-state index in [1.54, 1.807) is 0 Å². The summed E-state index contributed by atoms with van der Waals surface area (Å²) in [4.78, 5) is 0. The average Bonchev–Trinajstić information content (AvgIpc) is 1.25. The summed E-state index contributed by atoms with van der Waals surface area (Å²) >= 11 is -2.31. The van der Waals surface area contributed by atoms with E-state index in [2.05, 4.69) is 0 Å². The summed E-state index contributed by atoms with van der Waals surface area (Å²) in [5.74, 6) is 0. The van der Waals surface area contributed by atoms with Crippen molar-refractivity contribution in [2.45, 2.75) is 0 Å². The second-order valence-electron chi connectivity index (χ2n) is 0.594. The van der Waals surface area contributed by atoms with Gasteiger partial charge in [0.2, 0.25) is 0 Å². The molecule has 9 heteroatoms. The first-order chi connectivity index (χ1) is 3.46. The molecule has 3 nitrogen and oxygen atoms in total. The van der Waals surface area contributed by atoms with E-state index in [0.717, 1.165) is 0 Å². The van der Waals surface area contributed by atoms with Crippen molar-refractivity contribution in [1.82, 2.24) is 0 Å². The van der Waals surface area contributed by atoms with E-state index in [1.165, 1.54) is 0 Å². The van der Waals surface area contributed by atoms with Gasteiger partial charge in [-0.05, 0) is 0 Å². The summed E-state index contributed by atoms with van der Waals surface area (Å²) in [6, 6.07) is 0. The first-order valence-electron chi connectivity index (χ1n) is 1.43. The van der Waals surface area contributed by atoms with Crippen LogP contribution in [-0.4, -0.2) is 71.3 Å². The van der Waals surface area contributed by atoms with Crippen LogP contribution in [0.1, 0.15) is 0 Å². The van der Waals surface area contributed by atoms with E-state index in [4.69, 9.17) is 35.4 Å². The van der Waals surface area contributed by atoms with Crippen LogP contribution >= 0.6 is 20.4 Å². The van der Waals surface area contributed by atoms with Gasteiger partial charge < -0.3 is 15.1 Å².